The van der Waals surface area contributed by atoms with Gasteiger partial charge in [-0.25, -0.2) is 13.4 Å². The molecule has 2 unspecified atom stereocenters. The lowest BCUT2D eigenvalue weighted by Gasteiger charge is -2.45. The Morgan fingerprint density at radius 2 is 1.88 bits per heavy atom. The molecule has 1 amide bonds. The second-order valence-corrected chi connectivity index (χ2v) is 14.9. The largest absolute Gasteiger partial charge is 0.495 e. The Kier molecular flexibility index (Phi) is 10.6. The summed E-state index contributed by atoms with van der Waals surface area (Å²) in [5, 5.41) is 6.21. The Hall–Kier alpha value is -3.80. The van der Waals surface area contributed by atoms with Crippen LogP contribution in [0, 0.1) is 17.8 Å². The number of nitrogens with zero attached hydrogens (tertiary/aromatic N) is 3. The number of anilines is 1. The summed E-state index contributed by atoms with van der Waals surface area (Å²) >= 11 is 0. The van der Waals surface area contributed by atoms with E-state index in [-0.39, 0.29) is 52.2 Å². The molecule has 2 aliphatic heterocycles. The van der Waals surface area contributed by atoms with Crippen LogP contribution in [0.4, 0.5) is 18.9 Å². The van der Waals surface area contributed by atoms with Gasteiger partial charge < -0.3 is 24.7 Å². The van der Waals surface area contributed by atoms with Gasteiger partial charge >= 0.3 is 6.18 Å². The summed E-state index contributed by atoms with van der Waals surface area (Å²) in [6.07, 6.45) is 0.803. The first kappa shape index (κ1) is 35.5. The van der Waals surface area contributed by atoms with Crippen LogP contribution in [0.25, 0.3) is 11.0 Å². The van der Waals surface area contributed by atoms with Crippen molar-refractivity contribution < 1.29 is 35.9 Å². The predicted molar refractivity (Wildman–Crippen MR) is 177 cm³/mol. The number of rotatable bonds is 8. The van der Waals surface area contributed by atoms with Crippen LogP contribution in [0.15, 0.2) is 41.6 Å². The molecule has 0 saturated carbocycles. The minimum absolute atomic E-state index is 0.106. The average molecular weight is 690 g/mol. The van der Waals surface area contributed by atoms with Gasteiger partial charge in [0.15, 0.2) is 9.84 Å². The average Bonchev–Trinajstić information content (AvgIpc) is 3.39. The number of likely N-dealkylation sites (tertiary alicyclic amines) is 1. The molecule has 3 heterocycles. The van der Waals surface area contributed by atoms with E-state index in [4.69, 9.17) is 9.47 Å². The van der Waals surface area contributed by atoms with Crippen LogP contribution in [-0.2, 0) is 21.1 Å². The number of alkyl halides is 3. The molecule has 0 aliphatic carbocycles. The number of carbonyl (C=O) groups excluding carboxylic acids is 1. The molecule has 2 N–H and O–H groups in total. The number of amides is 1. The first-order valence-electron chi connectivity index (χ1n) is 16.0. The van der Waals surface area contributed by atoms with Gasteiger partial charge in [0.1, 0.15) is 17.8 Å². The molecule has 2 aliphatic rings. The third-order valence-corrected chi connectivity index (χ3v) is 10.1. The number of methoxy groups -OCH3 is 1. The molecule has 5 rings (SSSR count). The van der Waals surface area contributed by atoms with Gasteiger partial charge in [-0.05, 0) is 63.3 Å². The summed E-state index contributed by atoms with van der Waals surface area (Å²) in [5.74, 6) is 5.95. The number of nitrogens with one attached hydrogen (secondary N) is 2. The SMILES string of the molecule is COc1cc(S(C)(=O)=O)ccc1NCC#Cc1cc(C(=O)N[C@H]2CCN(C3CC(C)OC(C)C3)C[C@@H]2C)c2ncn(CC(F)(F)F)c2c1. The van der Waals surface area contributed by atoms with Gasteiger partial charge in [0.25, 0.3) is 5.91 Å². The number of sulfone groups is 1. The summed E-state index contributed by atoms with van der Waals surface area (Å²) in [6, 6.07) is 7.79. The molecule has 0 radical (unpaired) electrons. The second kappa shape index (κ2) is 14.4. The summed E-state index contributed by atoms with van der Waals surface area (Å²) in [7, 11) is -2.01. The first-order valence-corrected chi connectivity index (χ1v) is 17.9. The van der Waals surface area contributed by atoms with Crippen molar-refractivity contribution in [3.8, 4) is 17.6 Å². The Bertz CT molecular complexity index is 1810. The number of imidazole rings is 1. The van der Waals surface area contributed by atoms with Crippen molar-refractivity contribution in [3.05, 3.63) is 47.8 Å². The minimum Gasteiger partial charge on any atom is -0.495 e. The quantitative estimate of drug-likeness (QED) is 0.322. The van der Waals surface area contributed by atoms with Crippen LogP contribution in [0.5, 0.6) is 5.75 Å². The van der Waals surface area contributed by atoms with E-state index < -0.39 is 28.5 Å². The first-order chi connectivity index (χ1) is 22.6. The maximum absolute atomic E-state index is 13.7. The number of ether oxygens (including phenoxy) is 2. The van der Waals surface area contributed by atoms with E-state index in [1.54, 1.807) is 12.1 Å². The highest BCUT2D eigenvalue weighted by atomic mass is 32.2. The van der Waals surface area contributed by atoms with Crippen molar-refractivity contribution in [1.82, 2.24) is 19.8 Å². The molecular weight excluding hydrogens is 647 g/mol. The number of carbonyl (C=O) groups is 1. The number of benzene rings is 2. The molecule has 4 atom stereocenters. The van der Waals surface area contributed by atoms with Crippen LogP contribution in [0.3, 0.4) is 0 Å². The highest BCUT2D eigenvalue weighted by molar-refractivity contribution is 7.90. The van der Waals surface area contributed by atoms with Gasteiger partial charge in [0, 0.05) is 43.1 Å². The fraction of sp³-hybridized carbons (Fsp3) is 0.529. The van der Waals surface area contributed by atoms with E-state index in [0.29, 0.717) is 23.0 Å². The van der Waals surface area contributed by atoms with Gasteiger partial charge in [-0.2, -0.15) is 13.2 Å². The van der Waals surface area contributed by atoms with Crippen molar-refractivity contribution in [3.63, 3.8) is 0 Å². The molecule has 2 fully saturated rings. The van der Waals surface area contributed by atoms with Crippen molar-refractivity contribution >= 4 is 32.5 Å². The molecule has 2 saturated heterocycles. The molecule has 10 nitrogen and oxygen atoms in total. The molecule has 0 spiro atoms. The van der Waals surface area contributed by atoms with Crippen LogP contribution >= 0.6 is 0 Å². The lowest BCUT2D eigenvalue weighted by molar-refractivity contribution is -0.140. The number of halogens is 3. The molecule has 48 heavy (non-hydrogen) atoms. The lowest BCUT2D eigenvalue weighted by atomic mass is 9.89. The van der Waals surface area contributed by atoms with Crippen LogP contribution in [0.1, 0.15) is 56.0 Å². The Morgan fingerprint density at radius 1 is 1.15 bits per heavy atom. The summed E-state index contributed by atoms with van der Waals surface area (Å²) in [4.78, 5) is 20.5. The number of aromatic nitrogens is 2. The third-order valence-electron chi connectivity index (χ3n) is 8.96. The molecule has 14 heteroatoms. The zero-order valence-electron chi connectivity index (χ0n) is 27.7. The number of hydrogen-bond acceptors (Lipinski definition) is 8. The number of hydrogen-bond donors (Lipinski definition) is 2. The van der Waals surface area contributed by atoms with Crippen LogP contribution in [-0.4, -0.2) is 92.2 Å². The fourth-order valence-electron chi connectivity index (χ4n) is 6.70. The smallest absolute Gasteiger partial charge is 0.406 e. The summed E-state index contributed by atoms with van der Waals surface area (Å²) in [5.41, 5.74) is 1.35. The summed E-state index contributed by atoms with van der Waals surface area (Å²) in [6.45, 7) is 6.81. The van der Waals surface area contributed by atoms with Crippen molar-refractivity contribution in [2.45, 2.75) is 81.9 Å². The lowest BCUT2D eigenvalue weighted by Crippen LogP contribution is -2.54. The van der Waals surface area contributed by atoms with Crippen LogP contribution < -0.4 is 15.4 Å². The highest BCUT2D eigenvalue weighted by Gasteiger charge is 2.35. The molecule has 3 aromatic rings. The van der Waals surface area contributed by atoms with Gasteiger partial charge in [0.2, 0.25) is 0 Å². The number of piperidine rings is 1. The third kappa shape index (κ3) is 8.61. The molecule has 260 valence electrons. The van der Waals surface area contributed by atoms with Crippen LogP contribution in [0.2, 0.25) is 0 Å². The van der Waals surface area contributed by atoms with E-state index in [9.17, 15) is 26.4 Å². The van der Waals surface area contributed by atoms with Gasteiger partial charge in [-0.1, -0.05) is 18.8 Å². The molecule has 2 aromatic carbocycles. The van der Waals surface area contributed by atoms with Crippen molar-refractivity contribution in [1.29, 1.82) is 0 Å². The van der Waals surface area contributed by atoms with E-state index in [1.165, 1.54) is 25.3 Å². The van der Waals surface area contributed by atoms with E-state index in [0.717, 1.165) is 49.5 Å². The maximum atomic E-state index is 13.7. The minimum atomic E-state index is -4.49. The Labute approximate surface area is 279 Å². The molecule has 1 aromatic heterocycles. The van der Waals surface area contributed by atoms with Gasteiger partial charge in [0.05, 0.1) is 53.9 Å². The van der Waals surface area contributed by atoms with Crippen molar-refractivity contribution in [2.24, 2.45) is 5.92 Å². The fourth-order valence-corrected chi connectivity index (χ4v) is 7.34. The van der Waals surface area contributed by atoms with E-state index >= 15 is 0 Å². The van der Waals surface area contributed by atoms with E-state index in [2.05, 4.69) is 53.1 Å². The standard InChI is InChI=1S/C34H42F3N5O5S/c1-21-18-41(25-13-22(2)47-23(3)14-25)12-10-28(21)40-33(43)27-15-24(16-30-32(27)39-20-42(30)19-34(35,36)37)7-6-11-38-29-9-8-26(48(5,44)45)17-31(29)46-4/h8-9,15-17,20-23,25,28,38H,10-14,18-19H2,1-5H3,(H,40,43)/t21-,22?,23?,25?,28-/m0/s1. The predicted octanol–water partition coefficient (Wildman–Crippen LogP) is 4.87. The monoisotopic (exact) mass is 689 g/mol. The zero-order chi connectivity index (χ0) is 34.8. The maximum Gasteiger partial charge on any atom is 0.406 e. The highest BCUT2D eigenvalue weighted by Crippen LogP contribution is 2.30. The Balaban J connectivity index is 1.34. The van der Waals surface area contributed by atoms with Crippen molar-refractivity contribution in [2.75, 3.05) is 38.3 Å². The Morgan fingerprint density at radius 3 is 2.52 bits per heavy atom. The normalized spacial score (nSPS) is 23.7. The summed E-state index contributed by atoms with van der Waals surface area (Å²) < 4.78 is 76.2. The van der Waals surface area contributed by atoms with E-state index in [1.807, 2.05) is 0 Å². The van der Waals surface area contributed by atoms with Gasteiger partial charge in [-0.15, -0.1) is 0 Å². The topological polar surface area (TPSA) is 115 Å². The second-order valence-electron chi connectivity index (χ2n) is 12.9. The molecule has 0 bridgehead atoms. The molecular formula is C34H42F3N5O5S. The zero-order valence-corrected chi connectivity index (χ0v) is 28.5. The van der Waals surface area contributed by atoms with Gasteiger partial charge in [-0.3, -0.25) is 9.69 Å². The number of fused-ring (bicyclic) bond motifs is 1.